The topological polar surface area (TPSA) is 106 Å². The molecule has 0 amide bonds. The molecular weight excluding hydrogens is 356 g/mol. The van der Waals surface area contributed by atoms with Crippen molar-refractivity contribution in [2.45, 2.75) is 43.7 Å². The van der Waals surface area contributed by atoms with Crippen molar-refractivity contribution in [2.24, 2.45) is 13.0 Å². The lowest BCUT2D eigenvalue weighted by Gasteiger charge is -2.38. The van der Waals surface area contributed by atoms with Crippen molar-refractivity contribution in [3.63, 3.8) is 0 Å². The van der Waals surface area contributed by atoms with Gasteiger partial charge in [0, 0.05) is 19.3 Å². The molecule has 0 spiro atoms. The Bertz CT molecular complexity index is 886. The highest BCUT2D eigenvalue weighted by atomic mass is 32.2. The molecule has 2 aromatic rings. The molecule has 1 aliphatic rings. The second-order valence-corrected chi connectivity index (χ2v) is 8.39. The zero-order valence-electron chi connectivity index (χ0n) is 15.3. The van der Waals surface area contributed by atoms with Crippen molar-refractivity contribution in [1.29, 1.82) is 0 Å². The van der Waals surface area contributed by atoms with Gasteiger partial charge in [-0.3, -0.25) is 4.68 Å². The molecule has 1 fully saturated rings. The number of aromatic nitrogens is 3. The van der Waals surface area contributed by atoms with Gasteiger partial charge in [0.25, 0.3) is 0 Å². The van der Waals surface area contributed by atoms with Gasteiger partial charge in [-0.1, -0.05) is 6.07 Å². The Hall–Kier alpha value is -1.97. The van der Waals surface area contributed by atoms with Crippen LogP contribution in [0.3, 0.4) is 0 Å². The summed E-state index contributed by atoms with van der Waals surface area (Å²) in [5.41, 5.74) is 1.78. The number of pyridine rings is 1. The second kappa shape index (κ2) is 6.98. The van der Waals surface area contributed by atoms with E-state index in [0.717, 1.165) is 5.56 Å². The fourth-order valence-electron chi connectivity index (χ4n) is 3.40. The number of nitrogens with zero attached hydrogens (tertiary/aromatic N) is 3. The summed E-state index contributed by atoms with van der Waals surface area (Å²) in [5.74, 6) is 0.468. The molecule has 0 radical (unpaired) electrons. The Morgan fingerprint density at radius 3 is 2.50 bits per heavy atom. The van der Waals surface area contributed by atoms with Crippen LogP contribution in [0.15, 0.2) is 23.2 Å². The maximum atomic E-state index is 13.0. The van der Waals surface area contributed by atoms with Crippen LogP contribution in [-0.2, 0) is 17.1 Å². The molecule has 0 saturated heterocycles. The Balaban J connectivity index is 1.94. The molecule has 142 valence electrons. The summed E-state index contributed by atoms with van der Waals surface area (Å²) in [6.45, 7) is 3.41. The van der Waals surface area contributed by atoms with Crippen molar-refractivity contribution >= 4 is 10.0 Å². The maximum Gasteiger partial charge on any atom is 0.244 e. The van der Waals surface area contributed by atoms with Gasteiger partial charge < -0.3 is 9.84 Å². The summed E-state index contributed by atoms with van der Waals surface area (Å²) in [4.78, 5) is 4.38. The van der Waals surface area contributed by atoms with Gasteiger partial charge in [0.15, 0.2) is 0 Å². The minimum Gasteiger partial charge on any atom is -0.481 e. The van der Waals surface area contributed by atoms with Gasteiger partial charge in [0.05, 0.1) is 30.6 Å². The maximum absolute atomic E-state index is 13.0. The normalized spacial score (nSPS) is 21.3. The average molecular weight is 380 g/mol. The molecule has 9 heteroatoms. The molecule has 2 aromatic heterocycles. The summed E-state index contributed by atoms with van der Waals surface area (Å²) in [5, 5.41) is 13.9. The predicted octanol–water partition coefficient (Wildman–Crippen LogP) is 1.23. The Morgan fingerprint density at radius 2 is 2.04 bits per heavy atom. The number of hydrogen-bond donors (Lipinski definition) is 2. The van der Waals surface area contributed by atoms with E-state index in [4.69, 9.17) is 4.74 Å². The molecule has 1 saturated carbocycles. The average Bonchev–Trinajstić information content (AvgIpc) is 2.83. The minimum absolute atomic E-state index is 0.00672. The third-order valence-electron chi connectivity index (χ3n) is 4.94. The number of hydrogen-bond acceptors (Lipinski definition) is 6. The van der Waals surface area contributed by atoms with Crippen LogP contribution in [0.2, 0.25) is 0 Å². The van der Waals surface area contributed by atoms with E-state index >= 15 is 0 Å². The summed E-state index contributed by atoms with van der Waals surface area (Å²) < 4.78 is 35.5. The summed E-state index contributed by atoms with van der Waals surface area (Å²) >= 11 is 0. The molecule has 8 nitrogen and oxygen atoms in total. The fraction of sp³-hybridized carbons (Fsp3) is 0.529. The zero-order valence-corrected chi connectivity index (χ0v) is 16.1. The van der Waals surface area contributed by atoms with Gasteiger partial charge in [-0.05, 0) is 38.2 Å². The minimum atomic E-state index is -3.78. The molecule has 0 aliphatic heterocycles. The summed E-state index contributed by atoms with van der Waals surface area (Å²) in [7, 11) is -0.534. The lowest BCUT2D eigenvalue weighted by Crippen LogP contribution is -2.41. The Labute approximate surface area is 153 Å². The molecule has 2 heterocycles. The standard InChI is InChI=1S/C17H24N4O4S/c1-10-17(11(2)21(3)19-10)26(23,24)20-16(13-7-14(22)8-13)12-5-6-15(25-4)18-9-12/h5-6,9,13-14,16,20,22H,7-8H2,1-4H3/t13?,14?,16-/m1/s1. The van der Waals surface area contributed by atoms with E-state index in [1.54, 1.807) is 43.9 Å². The first-order chi connectivity index (χ1) is 12.2. The van der Waals surface area contributed by atoms with Crippen LogP contribution < -0.4 is 9.46 Å². The first-order valence-corrected chi connectivity index (χ1v) is 9.91. The number of sulfonamides is 1. The van der Waals surface area contributed by atoms with Crippen LogP contribution in [0.25, 0.3) is 0 Å². The third-order valence-corrected chi connectivity index (χ3v) is 6.63. The molecule has 26 heavy (non-hydrogen) atoms. The number of aliphatic hydroxyl groups is 1. The SMILES string of the molecule is COc1ccc([C@@H](NS(=O)(=O)c2c(C)nn(C)c2C)C2CC(O)C2)cn1. The number of ether oxygens (including phenoxy) is 1. The van der Waals surface area contributed by atoms with Gasteiger partial charge in [-0.25, -0.2) is 18.1 Å². The lowest BCUT2D eigenvalue weighted by atomic mass is 9.76. The molecule has 3 rings (SSSR count). The molecular formula is C17H24N4O4S. The number of rotatable bonds is 6. The molecule has 1 atom stereocenters. The van der Waals surface area contributed by atoms with Crippen LogP contribution in [0.4, 0.5) is 0 Å². The highest BCUT2D eigenvalue weighted by Gasteiger charge is 2.38. The predicted molar refractivity (Wildman–Crippen MR) is 95.3 cm³/mol. The van der Waals surface area contributed by atoms with E-state index in [1.807, 2.05) is 0 Å². The van der Waals surface area contributed by atoms with Crippen LogP contribution in [0, 0.1) is 19.8 Å². The summed E-state index contributed by atoms with van der Waals surface area (Å²) in [6, 6.07) is 3.03. The first kappa shape index (κ1) is 18.8. The number of aryl methyl sites for hydroxylation is 2. The third kappa shape index (κ3) is 3.46. The van der Waals surface area contributed by atoms with Crippen molar-refractivity contribution < 1.29 is 18.3 Å². The monoisotopic (exact) mass is 380 g/mol. The van der Waals surface area contributed by atoms with E-state index in [-0.39, 0.29) is 16.9 Å². The van der Waals surface area contributed by atoms with Crippen LogP contribution in [0.5, 0.6) is 5.88 Å². The highest BCUT2D eigenvalue weighted by Crippen LogP contribution is 2.39. The van der Waals surface area contributed by atoms with Crippen molar-refractivity contribution in [2.75, 3.05) is 7.11 Å². The summed E-state index contributed by atoms with van der Waals surface area (Å²) in [6.07, 6.45) is 2.31. The van der Waals surface area contributed by atoms with Crippen LogP contribution in [-0.4, -0.2) is 41.5 Å². The Kier molecular flexibility index (Phi) is 5.05. The smallest absolute Gasteiger partial charge is 0.244 e. The van der Waals surface area contributed by atoms with Gasteiger partial charge >= 0.3 is 0 Å². The van der Waals surface area contributed by atoms with E-state index in [0.29, 0.717) is 30.1 Å². The highest BCUT2D eigenvalue weighted by molar-refractivity contribution is 7.89. The van der Waals surface area contributed by atoms with E-state index in [1.165, 1.54) is 7.11 Å². The zero-order chi connectivity index (χ0) is 19.1. The number of nitrogens with one attached hydrogen (secondary N) is 1. The van der Waals surface area contributed by atoms with E-state index in [2.05, 4.69) is 14.8 Å². The number of aliphatic hydroxyl groups excluding tert-OH is 1. The van der Waals surface area contributed by atoms with Gasteiger partial charge in [0.2, 0.25) is 15.9 Å². The largest absolute Gasteiger partial charge is 0.481 e. The number of methoxy groups -OCH3 is 1. The molecule has 0 bridgehead atoms. The van der Waals surface area contributed by atoms with Crippen molar-refractivity contribution in [3.05, 3.63) is 35.3 Å². The van der Waals surface area contributed by atoms with Gasteiger partial charge in [0.1, 0.15) is 4.90 Å². The lowest BCUT2D eigenvalue weighted by molar-refractivity contribution is 0.0279. The van der Waals surface area contributed by atoms with E-state index < -0.39 is 16.1 Å². The van der Waals surface area contributed by atoms with Crippen molar-refractivity contribution in [3.8, 4) is 5.88 Å². The fourth-order valence-corrected chi connectivity index (χ4v) is 5.14. The molecule has 0 aromatic carbocycles. The second-order valence-electron chi connectivity index (χ2n) is 6.74. The van der Waals surface area contributed by atoms with Gasteiger partial charge in [-0.15, -0.1) is 0 Å². The molecule has 1 aliphatic carbocycles. The Morgan fingerprint density at radius 1 is 1.35 bits per heavy atom. The quantitative estimate of drug-likeness (QED) is 0.781. The van der Waals surface area contributed by atoms with Crippen LogP contribution in [0.1, 0.15) is 35.8 Å². The molecule has 2 N–H and O–H groups in total. The van der Waals surface area contributed by atoms with E-state index in [9.17, 15) is 13.5 Å². The van der Waals surface area contributed by atoms with Crippen molar-refractivity contribution in [1.82, 2.24) is 19.5 Å². The first-order valence-electron chi connectivity index (χ1n) is 8.43. The van der Waals surface area contributed by atoms with Crippen LogP contribution >= 0.6 is 0 Å². The van der Waals surface area contributed by atoms with Gasteiger partial charge in [-0.2, -0.15) is 5.10 Å². The molecule has 0 unspecified atom stereocenters.